The van der Waals surface area contributed by atoms with Gasteiger partial charge in [0.25, 0.3) is 5.91 Å². The number of hydrogen-bond acceptors (Lipinski definition) is 3. The van der Waals surface area contributed by atoms with Crippen molar-refractivity contribution in [1.82, 2.24) is 5.32 Å². The smallest absolute Gasteiger partial charge is 0.251 e. The van der Waals surface area contributed by atoms with Crippen LogP contribution in [-0.2, 0) is 0 Å². The van der Waals surface area contributed by atoms with Crippen molar-refractivity contribution in [3.05, 3.63) is 77.4 Å². The predicted octanol–water partition coefficient (Wildman–Crippen LogP) is 4.59. The van der Waals surface area contributed by atoms with E-state index in [1.165, 1.54) is 17.1 Å². The summed E-state index contributed by atoms with van der Waals surface area (Å²) >= 11 is 0. The fourth-order valence-electron chi connectivity index (χ4n) is 2.05. The van der Waals surface area contributed by atoms with Crippen LogP contribution in [0.25, 0.3) is 6.08 Å². The molecule has 1 amide bonds. The molecule has 0 aromatic heterocycles. The fourth-order valence-corrected chi connectivity index (χ4v) is 2.63. The van der Waals surface area contributed by atoms with E-state index in [2.05, 4.69) is 5.32 Å². The number of ketones is 1. The van der Waals surface area contributed by atoms with Crippen LogP contribution < -0.4 is 5.32 Å². The Hall–Kier alpha value is -2.04. The van der Waals surface area contributed by atoms with Gasteiger partial charge in [0.1, 0.15) is 0 Å². The molecule has 2 rings (SSSR count). The average molecular weight is 360 g/mol. The number of benzene rings is 2. The van der Waals surface area contributed by atoms with E-state index in [4.69, 9.17) is 10.7 Å². The van der Waals surface area contributed by atoms with E-state index in [-0.39, 0.29) is 11.7 Å². The first-order chi connectivity index (χ1) is 11.7. The molecular weight excluding hydrogens is 342 g/mol. The Morgan fingerprint density at radius 2 is 1.67 bits per heavy atom. The van der Waals surface area contributed by atoms with Crippen molar-refractivity contribution in [3.63, 3.8) is 0 Å². The van der Waals surface area contributed by atoms with Crippen LogP contribution in [0.4, 0.5) is 0 Å². The van der Waals surface area contributed by atoms with E-state index in [0.29, 0.717) is 17.7 Å². The van der Waals surface area contributed by atoms with Gasteiger partial charge in [-0.25, -0.2) is 0 Å². The summed E-state index contributed by atoms with van der Waals surface area (Å²) in [5.41, 5.74) is 2.06. The van der Waals surface area contributed by atoms with Gasteiger partial charge in [-0.15, -0.1) is 0 Å². The lowest BCUT2D eigenvalue weighted by Gasteiger charge is -2.05. The number of hydrogen-bond donors (Lipinski definition) is 1. The minimum absolute atomic E-state index is 0.0926. The molecular formula is C19H18ClNO2S. The highest BCUT2D eigenvalue weighted by atomic mass is 35.7. The van der Waals surface area contributed by atoms with E-state index >= 15 is 0 Å². The highest BCUT2D eigenvalue weighted by Gasteiger charge is 2.07. The first-order valence-electron chi connectivity index (χ1n) is 7.60. The lowest BCUT2D eigenvalue weighted by Crippen LogP contribution is -2.24. The Morgan fingerprint density at radius 3 is 2.33 bits per heavy atom. The van der Waals surface area contributed by atoms with Crippen molar-refractivity contribution >= 4 is 39.4 Å². The Labute approximate surface area is 150 Å². The number of allylic oxidation sites excluding steroid dienone is 1. The van der Waals surface area contributed by atoms with E-state index in [1.54, 1.807) is 30.3 Å². The highest BCUT2D eigenvalue weighted by molar-refractivity contribution is 8.21. The minimum atomic E-state index is -0.145. The highest BCUT2D eigenvalue weighted by Crippen LogP contribution is 2.09. The molecule has 0 unspecified atom stereocenters. The molecule has 0 radical (unpaired) electrons. The standard InChI is InChI=1S/C19H18ClNO2S/c20-24-14-4-13-21-19(23)17-10-8-16(9-11-17)18(22)12-7-15-5-2-1-3-6-15/h1-3,5-12H,4,13-14H2,(H,21,23)/b12-7+. The summed E-state index contributed by atoms with van der Waals surface area (Å²) in [6.07, 6.45) is 4.13. The molecule has 0 atom stereocenters. The van der Waals surface area contributed by atoms with Crippen molar-refractivity contribution in [3.8, 4) is 0 Å². The topological polar surface area (TPSA) is 46.2 Å². The maximum absolute atomic E-state index is 12.1. The summed E-state index contributed by atoms with van der Waals surface area (Å²) in [4.78, 5) is 24.1. The van der Waals surface area contributed by atoms with Gasteiger partial charge < -0.3 is 5.32 Å². The van der Waals surface area contributed by atoms with Crippen LogP contribution in [-0.4, -0.2) is 24.0 Å². The lowest BCUT2D eigenvalue weighted by atomic mass is 10.1. The van der Waals surface area contributed by atoms with E-state index in [0.717, 1.165) is 17.7 Å². The van der Waals surface area contributed by atoms with Gasteiger partial charge in [-0.05, 0) is 40.9 Å². The summed E-state index contributed by atoms with van der Waals surface area (Å²) < 4.78 is 0. The lowest BCUT2D eigenvalue weighted by molar-refractivity contribution is 0.0952. The monoisotopic (exact) mass is 359 g/mol. The largest absolute Gasteiger partial charge is 0.352 e. The van der Waals surface area contributed by atoms with Crippen molar-refractivity contribution in [2.75, 3.05) is 12.3 Å². The molecule has 0 saturated heterocycles. The molecule has 0 spiro atoms. The maximum Gasteiger partial charge on any atom is 0.251 e. The molecule has 2 aromatic carbocycles. The Bertz CT molecular complexity index is 699. The molecule has 0 heterocycles. The average Bonchev–Trinajstić information content (AvgIpc) is 2.64. The number of carbonyl (C=O) groups is 2. The van der Waals surface area contributed by atoms with Gasteiger partial charge in [0, 0.05) is 23.4 Å². The third-order valence-corrected chi connectivity index (χ3v) is 4.25. The normalized spacial score (nSPS) is 10.7. The van der Waals surface area contributed by atoms with Crippen LogP contribution in [0.5, 0.6) is 0 Å². The summed E-state index contributed by atoms with van der Waals surface area (Å²) in [7, 11) is 6.75. The van der Waals surface area contributed by atoms with Crippen molar-refractivity contribution < 1.29 is 9.59 Å². The molecule has 0 saturated carbocycles. The fraction of sp³-hybridized carbons (Fsp3) is 0.158. The summed E-state index contributed by atoms with van der Waals surface area (Å²) in [5, 5.41) is 2.82. The van der Waals surface area contributed by atoms with Gasteiger partial charge in [0.2, 0.25) is 0 Å². The van der Waals surface area contributed by atoms with E-state index in [1.807, 2.05) is 30.3 Å². The molecule has 0 fully saturated rings. The molecule has 1 N–H and O–H groups in total. The van der Waals surface area contributed by atoms with Gasteiger partial charge in [-0.3, -0.25) is 9.59 Å². The number of rotatable bonds is 8. The molecule has 0 aliphatic rings. The van der Waals surface area contributed by atoms with Gasteiger partial charge in [-0.1, -0.05) is 59.5 Å². The van der Waals surface area contributed by atoms with Crippen molar-refractivity contribution in [1.29, 1.82) is 0 Å². The molecule has 2 aromatic rings. The zero-order valence-corrected chi connectivity index (χ0v) is 14.6. The van der Waals surface area contributed by atoms with Gasteiger partial charge in [0.15, 0.2) is 5.78 Å². The van der Waals surface area contributed by atoms with Crippen LogP contribution >= 0.6 is 21.7 Å². The van der Waals surface area contributed by atoms with Gasteiger partial charge in [-0.2, -0.15) is 0 Å². The Kier molecular flexibility index (Phi) is 7.59. The minimum Gasteiger partial charge on any atom is -0.352 e. The van der Waals surface area contributed by atoms with Gasteiger partial charge in [0.05, 0.1) is 0 Å². The summed E-state index contributed by atoms with van der Waals surface area (Å²) in [6.45, 7) is 0.582. The van der Waals surface area contributed by atoms with Crippen molar-refractivity contribution in [2.24, 2.45) is 0 Å². The van der Waals surface area contributed by atoms with Crippen LogP contribution in [0.2, 0.25) is 0 Å². The predicted molar refractivity (Wildman–Crippen MR) is 102 cm³/mol. The Morgan fingerprint density at radius 1 is 1.00 bits per heavy atom. The van der Waals surface area contributed by atoms with Crippen LogP contribution in [0, 0.1) is 0 Å². The van der Waals surface area contributed by atoms with Crippen molar-refractivity contribution in [2.45, 2.75) is 6.42 Å². The third kappa shape index (κ3) is 5.87. The molecule has 0 aliphatic carbocycles. The SMILES string of the molecule is O=C(/C=C/c1ccccc1)c1ccc(C(=O)NCCCSCl)cc1. The molecule has 124 valence electrons. The zero-order valence-electron chi connectivity index (χ0n) is 13.1. The summed E-state index contributed by atoms with van der Waals surface area (Å²) in [6, 6.07) is 16.3. The summed E-state index contributed by atoms with van der Waals surface area (Å²) in [5.74, 6) is 0.557. The van der Waals surface area contributed by atoms with Crippen LogP contribution in [0.3, 0.4) is 0 Å². The molecule has 0 aliphatic heterocycles. The second-order valence-electron chi connectivity index (χ2n) is 5.11. The van der Waals surface area contributed by atoms with Crippen LogP contribution in [0.1, 0.15) is 32.7 Å². The maximum atomic E-state index is 12.1. The van der Waals surface area contributed by atoms with Gasteiger partial charge >= 0.3 is 0 Å². The quantitative estimate of drug-likeness (QED) is 0.426. The number of nitrogens with one attached hydrogen (secondary N) is 1. The van der Waals surface area contributed by atoms with E-state index in [9.17, 15) is 9.59 Å². The second-order valence-corrected chi connectivity index (χ2v) is 6.39. The van der Waals surface area contributed by atoms with Crippen LogP contribution in [0.15, 0.2) is 60.7 Å². The molecule has 0 bridgehead atoms. The Balaban J connectivity index is 1.92. The number of carbonyl (C=O) groups excluding carboxylic acids is 2. The second kappa shape index (κ2) is 9.96. The number of amides is 1. The molecule has 5 heteroatoms. The first-order valence-corrected chi connectivity index (χ1v) is 9.41. The zero-order chi connectivity index (χ0) is 17.2. The first kappa shape index (κ1) is 18.3. The van der Waals surface area contributed by atoms with E-state index < -0.39 is 0 Å². The molecule has 24 heavy (non-hydrogen) atoms. The third-order valence-electron chi connectivity index (χ3n) is 3.34. The molecule has 3 nitrogen and oxygen atoms in total. The number of halogens is 1.